The van der Waals surface area contributed by atoms with Crippen molar-refractivity contribution < 1.29 is 14.3 Å². The normalized spacial score (nSPS) is 11.7. The number of ether oxygens (including phenoxy) is 2. The zero-order chi connectivity index (χ0) is 17.7. The Morgan fingerprint density at radius 2 is 2.08 bits per heavy atom. The average Bonchev–Trinajstić information content (AvgIpc) is 3.09. The first kappa shape index (κ1) is 17.3. The van der Waals surface area contributed by atoms with Crippen LogP contribution >= 0.6 is 0 Å². The van der Waals surface area contributed by atoms with Crippen LogP contribution in [0.25, 0.3) is 0 Å². The number of nitrogens with one attached hydrogen (secondary N) is 2. The van der Waals surface area contributed by atoms with E-state index < -0.39 is 11.9 Å². The van der Waals surface area contributed by atoms with Gasteiger partial charge in [-0.3, -0.25) is 9.89 Å². The highest BCUT2D eigenvalue weighted by molar-refractivity contribution is 5.93. The highest BCUT2D eigenvalue weighted by atomic mass is 16.5. The number of aromatic amines is 1. The van der Waals surface area contributed by atoms with Crippen molar-refractivity contribution in [1.29, 1.82) is 5.26 Å². The molecule has 0 radical (unpaired) electrons. The van der Waals surface area contributed by atoms with Crippen LogP contribution in [0.5, 0.6) is 11.5 Å². The molecule has 0 saturated heterocycles. The van der Waals surface area contributed by atoms with Gasteiger partial charge in [-0.25, -0.2) is 0 Å². The molecule has 1 atom stereocenters. The van der Waals surface area contributed by atoms with Crippen molar-refractivity contribution >= 4 is 5.91 Å². The second-order valence-corrected chi connectivity index (χ2v) is 5.48. The third-order valence-corrected chi connectivity index (χ3v) is 3.60. The van der Waals surface area contributed by atoms with E-state index in [4.69, 9.17) is 9.47 Å². The summed E-state index contributed by atoms with van der Waals surface area (Å²) in [6.45, 7) is 3.99. The Bertz CT molecular complexity index is 761. The molecule has 126 valence electrons. The van der Waals surface area contributed by atoms with Gasteiger partial charge in [0.25, 0.3) is 5.91 Å². The minimum absolute atomic E-state index is 0.226. The van der Waals surface area contributed by atoms with Gasteiger partial charge in [-0.15, -0.1) is 0 Å². The monoisotopic (exact) mass is 328 g/mol. The second-order valence-electron chi connectivity index (χ2n) is 5.48. The number of hydrogen-bond donors (Lipinski definition) is 2. The van der Waals surface area contributed by atoms with Crippen molar-refractivity contribution in [2.75, 3.05) is 14.2 Å². The number of nitriles is 1. The molecule has 7 heteroatoms. The van der Waals surface area contributed by atoms with Gasteiger partial charge in [0.15, 0.2) is 11.5 Å². The number of benzene rings is 1. The molecular formula is C17H20N4O3. The molecule has 1 amide bonds. The summed E-state index contributed by atoms with van der Waals surface area (Å²) >= 11 is 0. The fraction of sp³-hybridized carbons (Fsp3) is 0.353. The predicted molar refractivity (Wildman–Crippen MR) is 88.0 cm³/mol. The summed E-state index contributed by atoms with van der Waals surface area (Å²) in [5, 5.41) is 18.9. The largest absolute Gasteiger partial charge is 0.493 e. The highest BCUT2D eigenvalue weighted by Gasteiger charge is 2.22. The summed E-state index contributed by atoms with van der Waals surface area (Å²) in [7, 11) is 3.00. The Kier molecular flexibility index (Phi) is 5.42. The Morgan fingerprint density at radius 1 is 1.33 bits per heavy atom. The topological polar surface area (TPSA) is 100 Å². The summed E-state index contributed by atoms with van der Waals surface area (Å²) in [5.41, 5.74) is 1.61. The molecule has 24 heavy (non-hydrogen) atoms. The Hall–Kier alpha value is -3.01. The van der Waals surface area contributed by atoms with Gasteiger partial charge in [-0.2, -0.15) is 10.4 Å². The van der Waals surface area contributed by atoms with Gasteiger partial charge < -0.3 is 14.8 Å². The number of para-hydroxylation sites is 1. The lowest BCUT2D eigenvalue weighted by molar-refractivity contribution is 0.0939. The van der Waals surface area contributed by atoms with Crippen molar-refractivity contribution in [2.45, 2.75) is 25.8 Å². The molecular weight excluding hydrogens is 308 g/mol. The molecule has 1 aromatic heterocycles. The molecule has 0 spiro atoms. The molecule has 1 heterocycles. The number of H-pyrrole nitrogens is 1. The molecule has 0 saturated carbocycles. The lowest BCUT2D eigenvalue weighted by Gasteiger charge is -2.16. The van der Waals surface area contributed by atoms with E-state index in [1.807, 2.05) is 13.8 Å². The molecule has 0 fully saturated rings. The van der Waals surface area contributed by atoms with Crippen LogP contribution in [0.15, 0.2) is 24.3 Å². The standard InChI is InChI=1S/C17H20N4O3/c1-10(2)12-8-13(21-20-12)17(22)19-14(9-18)11-6-5-7-15(23-3)16(11)24-4/h5-8,10,14H,1-4H3,(H,19,22)(H,20,21)/t14-/m0/s1. The zero-order valence-corrected chi connectivity index (χ0v) is 14.1. The van der Waals surface area contributed by atoms with Crippen LogP contribution in [0.1, 0.15) is 47.6 Å². The van der Waals surface area contributed by atoms with Gasteiger partial charge in [-0.05, 0) is 18.1 Å². The van der Waals surface area contributed by atoms with E-state index >= 15 is 0 Å². The first-order valence-electron chi connectivity index (χ1n) is 7.48. The summed E-state index contributed by atoms with van der Waals surface area (Å²) in [6.07, 6.45) is 0. The second kappa shape index (κ2) is 7.51. The van der Waals surface area contributed by atoms with E-state index in [1.54, 1.807) is 24.3 Å². The molecule has 0 aliphatic heterocycles. The summed E-state index contributed by atoms with van der Waals surface area (Å²) in [5.74, 6) is 0.696. The van der Waals surface area contributed by atoms with Crippen LogP contribution in [0, 0.1) is 11.3 Å². The van der Waals surface area contributed by atoms with Crippen molar-refractivity contribution in [3.63, 3.8) is 0 Å². The van der Waals surface area contributed by atoms with E-state index in [0.29, 0.717) is 17.1 Å². The molecule has 0 aliphatic carbocycles. The zero-order valence-electron chi connectivity index (χ0n) is 14.1. The Balaban J connectivity index is 2.26. The van der Waals surface area contributed by atoms with E-state index in [0.717, 1.165) is 5.69 Å². The maximum absolute atomic E-state index is 12.4. The van der Waals surface area contributed by atoms with E-state index in [1.165, 1.54) is 14.2 Å². The number of carbonyl (C=O) groups excluding carboxylic acids is 1. The van der Waals surface area contributed by atoms with Crippen molar-refractivity contribution in [3.05, 3.63) is 41.2 Å². The maximum Gasteiger partial charge on any atom is 0.273 e. The smallest absolute Gasteiger partial charge is 0.273 e. The SMILES string of the molecule is COc1cccc([C@H](C#N)NC(=O)c2cc(C(C)C)[nH]n2)c1OC. The fourth-order valence-electron chi connectivity index (χ4n) is 2.27. The summed E-state index contributed by atoms with van der Waals surface area (Å²) in [4.78, 5) is 12.4. The molecule has 7 nitrogen and oxygen atoms in total. The third-order valence-electron chi connectivity index (χ3n) is 3.60. The number of rotatable bonds is 6. The molecule has 0 bridgehead atoms. The number of nitrogens with zero attached hydrogens (tertiary/aromatic N) is 2. The number of hydrogen-bond acceptors (Lipinski definition) is 5. The number of aromatic nitrogens is 2. The van der Waals surface area contributed by atoms with Crippen molar-refractivity contribution in [1.82, 2.24) is 15.5 Å². The van der Waals surface area contributed by atoms with Gasteiger partial charge in [0.2, 0.25) is 0 Å². The van der Waals surface area contributed by atoms with Gasteiger partial charge >= 0.3 is 0 Å². The fourth-order valence-corrected chi connectivity index (χ4v) is 2.27. The number of carbonyl (C=O) groups is 1. The van der Waals surface area contributed by atoms with Gasteiger partial charge in [-0.1, -0.05) is 26.0 Å². The van der Waals surface area contributed by atoms with E-state index in [-0.39, 0.29) is 11.6 Å². The number of methoxy groups -OCH3 is 2. The molecule has 2 aromatic rings. The van der Waals surface area contributed by atoms with Gasteiger partial charge in [0.05, 0.1) is 20.3 Å². The van der Waals surface area contributed by atoms with Crippen LogP contribution in [0.2, 0.25) is 0 Å². The first-order chi connectivity index (χ1) is 11.5. The highest BCUT2D eigenvalue weighted by Crippen LogP contribution is 2.34. The third kappa shape index (κ3) is 3.49. The van der Waals surface area contributed by atoms with Crippen molar-refractivity contribution in [3.8, 4) is 17.6 Å². The van der Waals surface area contributed by atoms with Crippen LogP contribution < -0.4 is 14.8 Å². The van der Waals surface area contributed by atoms with Crippen molar-refractivity contribution in [2.24, 2.45) is 0 Å². The van der Waals surface area contributed by atoms with Gasteiger partial charge in [0.1, 0.15) is 11.7 Å². The molecule has 2 N–H and O–H groups in total. The van der Waals surface area contributed by atoms with Crippen LogP contribution in [-0.4, -0.2) is 30.3 Å². The Morgan fingerprint density at radius 3 is 2.62 bits per heavy atom. The molecule has 0 aliphatic rings. The lowest BCUT2D eigenvalue weighted by Crippen LogP contribution is -2.28. The first-order valence-corrected chi connectivity index (χ1v) is 7.48. The minimum atomic E-state index is -0.887. The molecule has 1 aromatic carbocycles. The van der Waals surface area contributed by atoms with Crippen LogP contribution in [0.4, 0.5) is 0 Å². The summed E-state index contributed by atoms with van der Waals surface area (Å²) in [6, 6.07) is 8.03. The number of amides is 1. The molecule has 2 rings (SSSR count). The van der Waals surface area contributed by atoms with E-state index in [2.05, 4.69) is 21.6 Å². The van der Waals surface area contributed by atoms with Crippen LogP contribution in [0.3, 0.4) is 0 Å². The predicted octanol–water partition coefficient (Wildman–Crippen LogP) is 2.54. The van der Waals surface area contributed by atoms with E-state index in [9.17, 15) is 10.1 Å². The minimum Gasteiger partial charge on any atom is -0.493 e. The summed E-state index contributed by atoms with van der Waals surface area (Å²) < 4.78 is 10.6. The molecule has 0 unspecified atom stereocenters. The Labute approximate surface area is 140 Å². The maximum atomic E-state index is 12.4. The van der Waals surface area contributed by atoms with Crippen LogP contribution in [-0.2, 0) is 0 Å². The quantitative estimate of drug-likeness (QED) is 0.849. The van der Waals surface area contributed by atoms with Gasteiger partial charge in [0, 0.05) is 11.3 Å². The average molecular weight is 328 g/mol. The lowest BCUT2D eigenvalue weighted by atomic mass is 10.1.